The molecule has 0 bridgehead atoms. The highest BCUT2D eigenvalue weighted by Crippen LogP contribution is 2.55. The number of aromatic nitrogens is 2. The summed E-state index contributed by atoms with van der Waals surface area (Å²) in [4.78, 5) is 28.4. The molecule has 1 atom stereocenters. The minimum Gasteiger partial charge on any atom is -0.384 e. The van der Waals surface area contributed by atoms with E-state index in [0.29, 0.717) is 29.4 Å². The van der Waals surface area contributed by atoms with Crippen molar-refractivity contribution in [2.24, 2.45) is 5.73 Å². The number of halogens is 1. The van der Waals surface area contributed by atoms with Crippen molar-refractivity contribution >= 4 is 45.6 Å². The zero-order valence-electron chi connectivity index (χ0n) is 17.8. The monoisotopic (exact) mass is 482 g/mol. The number of nitrogens with zero attached hydrogens (tertiary/aromatic N) is 4. The van der Waals surface area contributed by atoms with E-state index in [9.17, 15) is 19.2 Å². The first-order chi connectivity index (χ1) is 15.8. The third-order valence-electron chi connectivity index (χ3n) is 5.91. The molecule has 1 aromatic carbocycles. The van der Waals surface area contributed by atoms with Crippen LogP contribution in [0.3, 0.4) is 0 Å². The summed E-state index contributed by atoms with van der Waals surface area (Å²) in [6, 6.07) is 5.92. The van der Waals surface area contributed by atoms with Gasteiger partial charge in [0.2, 0.25) is 11.0 Å². The number of rotatable bonds is 3. The predicted molar refractivity (Wildman–Crippen MR) is 123 cm³/mol. The molecule has 2 aliphatic heterocycles. The Morgan fingerprint density at radius 2 is 2.12 bits per heavy atom. The first-order valence-electron chi connectivity index (χ1n) is 10.4. The van der Waals surface area contributed by atoms with Gasteiger partial charge in [-0.3, -0.25) is 14.5 Å². The Hall–Kier alpha value is -3.23. The van der Waals surface area contributed by atoms with Gasteiger partial charge < -0.3 is 11.1 Å². The van der Waals surface area contributed by atoms with Crippen molar-refractivity contribution in [2.75, 3.05) is 10.2 Å². The number of allylic oxidation sites excluding steroid dienone is 1. The number of nitriles is 1. The van der Waals surface area contributed by atoms with Gasteiger partial charge >= 0.3 is 0 Å². The van der Waals surface area contributed by atoms with Crippen LogP contribution in [0.5, 0.6) is 0 Å². The number of benzene rings is 1. The molecule has 3 N–H and O–H groups in total. The lowest BCUT2D eigenvalue weighted by Gasteiger charge is -2.42. The van der Waals surface area contributed by atoms with E-state index >= 15 is 0 Å². The summed E-state index contributed by atoms with van der Waals surface area (Å²) in [5, 5.41) is 22.1. The summed E-state index contributed by atoms with van der Waals surface area (Å²) in [5.41, 5.74) is 5.87. The highest BCUT2D eigenvalue weighted by Gasteiger charge is 2.60. The molecule has 11 heteroatoms. The third-order valence-corrected chi connectivity index (χ3v) is 7.91. The highest BCUT2D eigenvalue weighted by molar-refractivity contribution is 8.01. The van der Waals surface area contributed by atoms with Crippen LogP contribution in [0.25, 0.3) is 0 Å². The lowest BCUT2D eigenvalue weighted by Crippen LogP contribution is -2.50. The minimum absolute atomic E-state index is 0.00421. The molecule has 0 radical (unpaired) electrons. The molecule has 0 saturated heterocycles. The van der Waals surface area contributed by atoms with Gasteiger partial charge in [-0.05, 0) is 31.0 Å². The number of carbonyl (C=O) groups is 2. The lowest BCUT2D eigenvalue weighted by molar-refractivity contribution is -0.122. The van der Waals surface area contributed by atoms with Crippen molar-refractivity contribution in [3.8, 4) is 6.07 Å². The number of carbonyl (C=O) groups excluding carboxylic acids is 2. The first kappa shape index (κ1) is 21.6. The largest absolute Gasteiger partial charge is 0.384 e. The number of anilines is 2. The molecule has 33 heavy (non-hydrogen) atoms. The van der Waals surface area contributed by atoms with Gasteiger partial charge in [0.15, 0.2) is 10.1 Å². The molecule has 3 aliphatic rings. The molecule has 1 amide bonds. The van der Waals surface area contributed by atoms with Crippen molar-refractivity contribution in [3.63, 3.8) is 0 Å². The fourth-order valence-electron chi connectivity index (χ4n) is 4.72. The average molecular weight is 483 g/mol. The highest BCUT2D eigenvalue weighted by atomic mass is 32.2. The van der Waals surface area contributed by atoms with Crippen LogP contribution in [0.2, 0.25) is 0 Å². The van der Waals surface area contributed by atoms with Gasteiger partial charge in [0, 0.05) is 34.2 Å². The average Bonchev–Trinajstić information content (AvgIpc) is 3.31. The number of hydrogen-bond acceptors (Lipinski definition) is 9. The lowest BCUT2D eigenvalue weighted by atomic mass is 9.64. The summed E-state index contributed by atoms with van der Waals surface area (Å²) < 4.78 is 15.0. The second kappa shape index (κ2) is 7.67. The van der Waals surface area contributed by atoms with Gasteiger partial charge in [-0.2, -0.15) is 5.26 Å². The Morgan fingerprint density at radius 1 is 1.33 bits per heavy atom. The summed E-state index contributed by atoms with van der Waals surface area (Å²) in [6.07, 6.45) is 1.23. The van der Waals surface area contributed by atoms with E-state index in [1.807, 2.05) is 13.8 Å². The number of fused-ring (bicyclic) bond motifs is 3. The Bertz CT molecular complexity index is 1320. The Labute approximate surface area is 197 Å². The molecule has 5 rings (SSSR count). The van der Waals surface area contributed by atoms with E-state index in [1.165, 1.54) is 29.5 Å². The minimum atomic E-state index is -1.79. The standard InChI is InChI=1S/C22H19FN6O2S2/c1-10(2)32-21-28-27-20(33-21)29-15-4-3-5-16(30)17(15)22(13(9-24)18(29)25)12-8-11(23)6-7-14(12)26-19(22)31/h6-8,10H,3-5,25H2,1-2H3,(H,26,31)/t22-/m0/s1. The second-order valence-electron chi connectivity index (χ2n) is 8.22. The maximum absolute atomic E-state index is 14.3. The van der Waals surface area contributed by atoms with Gasteiger partial charge in [0.05, 0.1) is 5.57 Å². The van der Waals surface area contributed by atoms with Crippen molar-refractivity contribution in [2.45, 2.75) is 48.1 Å². The van der Waals surface area contributed by atoms with E-state index in [2.05, 4.69) is 21.6 Å². The molecule has 1 aromatic heterocycles. The van der Waals surface area contributed by atoms with Crippen molar-refractivity contribution in [1.29, 1.82) is 5.26 Å². The molecule has 168 valence electrons. The normalized spacial score (nSPS) is 22.1. The molecule has 2 aromatic rings. The van der Waals surface area contributed by atoms with E-state index in [1.54, 1.807) is 16.7 Å². The number of thioether (sulfide) groups is 1. The summed E-state index contributed by atoms with van der Waals surface area (Å²) in [6.45, 7) is 4.07. The maximum Gasteiger partial charge on any atom is 0.245 e. The summed E-state index contributed by atoms with van der Waals surface area (Å²) in [5.74, 6) is -1.43. The first-order valence-corrected chi connectivity index (χ1v) is 12.1. The molecule has 0 fully saturated rings. The summed E-state index contributed by atoms with van der Waals surface area (Å²) >= 11 is 2.84. The van der Waals surface area contributed by atoms with E-state index in [0.717, 1.165) is 4.34 Å². The number of ketones is 1. The SMILES string of the molecule is CC(C)Sc1nnc(N2C(N)=C(C#N)[C@]3(C(=O)Nc4ccc(F)cc43)C3=C2CCCC3=O)s1. The Kier molecular flexibility index (Phi) is 5.02. The quantitative estimate of drug-likeness (QED) is 0.636. The van der Waals surface area contributed by atoms with Crippen molar-refractivity contribution < 1.29 is 14.0 Å². The van der Waals surface area contributed by atoms with Crippen LogP contribution in [0.15, 0.2) is 45.2 Å². The molecule has 0 unspecified atom stereocenters. The van der Waals surface area contributed by atoms with Crippen molar-refractivity contribution in [3.05, 3.63) is 52.2 Å². The van der Waals surface area contributed by atoms with Crippen LogP contribution in [0, 0.1) is 17.1 Å². The van der Waals surface area contributed by atoms with Gasteiger partial charge in [0.25, 0.3) is 0 Å². The van der Waals surface area contributed by atoms with Crippen LogP contribution in [-0.2, 0) is 15.0 Å². The van der Waals surface area contributed by atoms with Crippen molar-refractivity contribution in [1.82, 2.24) is 10.2 Å². The molecule has 0 saturated carbocycles. The van der Waals surface area contributed by atoms with Crippen LogP contribution < -0.4 is 16.0 Å². The number of amides is 1. The fourth-order valence-corrected chi connectivity index (χ4v) is 6.83. The number of Topliss-reactive ketones (excluding diaryl/α,β-unsaturated/α-hetero) is 1. The molecule has 1 aliphatic carbocycles. The Morgan fingerprint density at radius 3 is 2.85 bits per heavy atom. The van der Waals surface area contributed by atoms with Crippen LogP contribution in [-0.4, -0.2) is 27.1 Å². The number of hydrogen-bond donors (Lipinski definition) is 2. The summed E-state index contributed by atoms with van der Waals surface area (Å²) in [7, 11) is 0. The van der Waals surface area contributed by atoms with Gasteiger partial charge in [-0.1, -0.05) is 36.9 Å². The van der Waals surface area contributed by atoms with Gasteiger partial charge in [-0.15, -0.1) is 10.2 Å². The third kappa shape index (κ3) is 3.01. The topological polar surface area (TPSA) is 125 Å². The van der Waals surface area contributed by atoms with Crippen LogP contribution >= 0.6 is 23.1 Å². The number of nitrogens with one attached hydrogen (secondary N) is 1. The Balaban J connectivity index is 1.80. The zero-order chi connectivity index (χ0) is 23.5. The van der Waals surface area contributed by atoms with Gasteiger partial charge in [0.1, 0.15) is 23.1 Å². The van der Waals surface area contributed by atoms with Gasteiger partial charge in [-0.25, -0.2) is 4.39 Å². The van der Waals surface area contributed by atoms with E-state index < -0.39 is 17.1 Å². The molecule has 3 heterocycles. The van der Waals surface area contributed by atoms with E-state index in [4.69, 9.17) is 5.73 Å². The predicted octanol–water partition coefficient (Wildman–Crippen LogP) is 3.59. The fraction of sp³-hybridized carbons (Fsp3) is 0.318. The van der Waals surface area contributed by atoms with Crippen LogP contribution in [0.1, 0.15) is 38.7 Å². The molecular formula is C22H19FN6O2S2. The second-order valence-corrected chi connectivity index (χ2v) is 11.0. The smallest absolute Gasteiger partial charge is 0.245 e. The molecule has 8 nitrogen and oxygen atoms in total. The molecular weight excluding hydrogens is 463 g/mol. The number of nitrogens with two attached hydrogens (primary N) is 1. The van der Waals surface area contributed by atoms with E-state index in [-0.39, 0.29) is 40.0 Å². The zero-order valence-corrected chi connectivity index (χ0v) is 19.4. The molecule has 1 spiro atoms. The van der Waals surface area contributed by atoms with Crippen LogP contribution in [0.4, 0.5) is 15.2 Å². The maximum atomic E-state index is 14.3.